The number of rotatable bonds is 0. The molecule has 2 bridgehead atoms. The first-order valence-corrected chi connectivity index (χ1v) is 18.3. The minimum absolute atomic E-state index is 0.0661. The third-order valence-electron chi connectivity index (χ3n) is 9.38. The zero-order chi connectivity index (χ0) is 37.8. The third kappa shape index (κ3) is 16.7. The number of aliphatic hydroxyl groups is 8. The van der Waals surface area contributed by atoms with Crippen LogP contribution in [0.2, 0.25) is 0 Å². The summed E-state index contributed by atoms with van der Waals surface area (Å²) < 4.78 is 11.4. The number of aliphatic hydroxyl groups excluding tert-OH is 8. The fourth-order valence-electron chi connectivity index (χ4n) is 6.15. The predicted octanol–water partition coefficient (Wildman–Crippen LogP) is 3.12. The number of hydrogen-bond acceptors (Lipinski definition) is 11. The summed E-state index contributed by atoms with van der Waals surface area (Å²) in [7, 11) is 0. The summed E-state index contributed by atoms with van der Waals surface area (Å²) in [6.07, 6.45) is 15.6. The summed E-state index contributed by atoms with van der Waals surface area (Å²) in [6, 6.07) is 0. The molecule has 0 aliphatic carbocycles. The molecular weight excluding hydrogens is 656 g/mol. The van der Waals surface area contributed by atoms with Gasteiger partial charge in [-0.2, -0.15) is 0 Å². The number of hydrogen-bond donors (Lipinski definition) is 8. The Morgan fingerprint density at radius 1 is 0.588 bits per heavy atom. The first kappa shape index (κ1) is 44.5. The fourth-order valence-corrected chi connectivity index (χ4v) is 6.15. The van der Waals surface area contributed by atoms with Crippen molar-refractivity contribution >= 4 is 5.97 Å². The van der Waals surface area contributed by atoms with E-state index in [-0.39, 0.29) is 37.4 Å². The molecule has 2 rings (SSSR count). The molecule has 1 saturated heterocycles. The molecule has 0 radical (unpaired) electrons. The number of cyclic esters (lactones) is 1. The highest BCUT2D eigenvalue weighted by Gasteiger charge is 2.43. The van der Waals surface area contributed by atoms with Crippen LogP contribution in [0, 0.1) is 17.8 Å². The molecule has 51 heavy (non-hydrogen) atoms. The van der Waals surface area contributed by atoms with Gasteiger partial charge in [-0.05, 0) is 56.8 Å². The summed E-state index contributed by atoms with van der Waals surface area (Å²) in [5, 5.41) is 85.3. The number of ether oxygens (including phenoxy) is 2. The van der Waals surface area contributed by atoms with Crippen molar-refractivity contribution in [3.63, 3.8) is 0 Å². The smallest absolute Gasteiger partial charge is 0.305 e. The number of allylic oxidation sites excluding steroid dienone is 14. The lowest BCUT2D eigenvalue weighted by molar-refractivity contribution is -0.183. The second-order valence-corrected chi connectivity index (χ2v) is 13.9. The molecule has 11 nitrogen and oxygen atoms in total. The van der Waals surface area contributed by atoms with Crippen LogP contribution in [-0.2, 0) is 14.3 Å². The van der Waals surface area contributed by atoms with Gasteiger partial charge in [-0.25, -0.2) is 0 Å². The van der Waals surface area contributed by atoms with Gasteiger partial charge in [0.25, 0.3) is 0 Å². The lowest BCUT2D eigenvalue weighted by Gasteiger charge is -2.38. The highest BCUT2D eigenvalue weighted by molar-refractivity contribution is 5.69. The maximum atomic E-state index is 12.3. The number of fused-ring (bicyclic) bond motifs is 2. The molecular formula is C40H62O11. The predicted molar refractivity (Wildman–Crippen MR) is 196 cm³/mol. The van der Waals surface area contributed by atoms with Crippen LogP contribution in [0.15, 0.2) is 85.1 Å². The quantitative estimate of drug-likeness (QED) is 0.171. The molecule has 0 spiro atoms. The summed E-state index contributed by atoms with van der Waals surface area (Å²) in [5.41, 5.74) is 0. The van der Waals surface area contributed by atoms with E-state index >= 15 is 0 Å². The average molecular weight is 719 g/mol. The van der Waals surface area contributed by atoms with Gasteiger partial charge >= 0.3 is 5.97 Å². The Balaban J connectivity index is 2.09. The topological polar surface area (TPSA) is 197 Å². The van der Waals surface area contributed by atoms with Crippen LogP contribution < -0.4 is 0 Å². The Bertz CT molecular complexity index is 1190. The molecule has 0 aromatic heterocycles. The zero-order valence-corrected chi connectivity index (χ0v) is 30.3. The summed E-state index contributed by atoms with van der Waals surface area (Å²) >= 11 is 0. The van der Waals surface area contributed by atoms with Gasteiger partial charge in [0.15, 0.2) is 0 Å². The molecule has 8 N–H and O–H groups in total. The van der Waals surface area contributed by atoms with Crippen molar-refractivity contribution in [2.24, 2.45) is 17.8 Å². The van der Waals surface area contributed by atoms with Crippen LogP contribution in [0.25, 0.3) is 0 Å². The first-order chi connectivity index (χ1) is 24.3. The fraction of sp³-hybridized carbons (Fsp3) is 0.625. The molecule has 2 heterocycles. The van der Waals surface area contributed by atoms with Crippen LogP contribution in [0.4, 0.5) is 0 Å². The summed E-state index contributed by atoms with van der Waals surface area (Å²) in [5.74, 6) is -1.56. The van der Waals surface area contributed by atoms with E-state index in [1.54, 1.807) is 0 Å². The number of esters is 1. The number of carbonyl (C=O) groups is 1. The van der Waals surface area contributed by atoms with Gasteiger partial charge in [0.1, 0.15) is 30.5 Å². The van der Waals surface area contributed by atoms with E-state index in [2.05, 4.69) is 13.0 Å². The van der Waals surface area contributed by atoms with Crippen molar-refractivity contribution in [2.45, 2.75) is 133 Å². The van der Waals surface area contributed by atoms with E-state index in [9.17, 15) is 45.6 Å². The molecule has 11 heteroatoms. The molecule has 2 aliphatic rings. The lowest BCUT2D eigenvalue weighted by Crippen LogP contribution is -2.55. The lowest BCUT2D eigenvalue weighted by atomic mass is 9.84. The molecule has 2 aliphatic heterocycles. The van der Waals surface area contributed by atoms with Crippen LogP contribution >= 0.6 is 0 Å². The Hall–Kier alpha value is -2.71. The van der Waals surface area contributed by atoms with Gasteiger partial charge in [-0.1, -0.05) is 106 Å². The first-order valence-electron chi connectivity index (χ1n) is 18.3. The SMILES string of the molecule is CC1C=CC=CC=CC=CC=CC=CC=CCCC2CCCC(O2)C(O)C(O)C(O)C(C)C(O)C(O)C(O)C(O)C(O)CCC(=O)OCC(C)C1. The molecule has 13 atom stereocenters. The van der Waals surface area contributed by atoms with Crippen molar-refractivity contribution in [1.82, 2.24) is 0 Å². The second kappa shape index (κ2) is 24.5. The largest absolute Gasteiger partial charge is 0.465 e. The van der Waals surface area contributed by atoms with Crippen LogP contribution in [0.3, 0.4) is 0 Å². The molecule has 0 saturated carbocycles. The van der Waals surface area contributed by atoms with E-state index in [4.69, 9.17) is 9.47 Å². The van der Waals surface area contributed by atoms with E-state index in [1.807, 2.05) is 85.9 Å². The average Bonchev–Trinajstić information content (AvgIpc) is 3.13. The molecule has 288 valence electrons. The summed E-state index contributed by atoms with van der Waals surface area (Å²) in [6.45, 7) is 5.50. The van der Waals surface area contributed by atoms with Crippen molar-refractivity contribution in [1.29, 1.82) is 0 Å². The van der Waals surface area contributed by atoms with Gasteiger partial charge in [-0.3, -0.25) is 4.79 Å². The number of carbonyl (C=O) groups excluding carboxylic acids is 1. The molecule has 0 aromatic rings. The molecule has 0 aromatic carbocycles. The van der Waals surface area contributed by atoms with Crippen LogP contribution in [0.5, 0.6) is 0 Å². The zero-order valence-electron chi connectivity index (χ0n) is 30.3. The van der Waals surface area contributed by atoms with Gasteiger partial charge < -0.3 is 50.3 Å². The van der Waals surface area contributed by atoms with Crippen molar-refractivity contribution < 1.29 is 55.1 Å². The Kier molecular flexibility index (Phi) is 21.4. The minimum Gasteiger partial charge on any atom is -0.465 e. The monoisotopic (exact) mass is 718 g/mol. The van der Waals surface area contributed by atoms with Gasteiger partial charge in [0, 0.05) is 12.3 Å². The van der Waals surface area contributed by atoms with E-state index < -0.39 is 66.8 Å². The van der Waals surface area contributed by atoms with Gasteiger partial charge in [0.05, 0.1) is 37.1 Å². The normalized spacial score (nSPS) is 38.3. The molecule has 0 amide bonds. The molecule has 13 unspecified atom stereocenters. The van der Waals surface area contributed by atoms with Crippen molar-refractivity contribution in [2.75, 3.05) is 6.61 Å². The van der Waals surface area contributed by atoms with Gasteiger partial charge in [-0.15, -0.1) is 0 Å². The van der Waals surface area contributed by atoms with E-state index in [1.165, 1.54) is 6.92 Å². The maximum absolute atomic E-state index is 12.3. The van der Waals surface area contributed by atoms with Crippen molar-refractivity contribution in [3.05, 3.63) is 85.1 Å². The highest BCUT2D eigenvalue weighted by atomic mass is 16.5. The Morgan fingerprint density at radius 2 is 1.12 bits per heavy atom. The maximum Gasteiger partial charge on any atom is 0.305 e. The Labute approximate surface area is 303 Å². The minimum atomic E-state index is -2.06. The van der Waals surface area contributed by atoms with E-state index in [0.717, 1.165) is 25.7 Å². The highest BCUT2D eigenvalue weighted by Crippen LogP contribution is 2.28. The Morgan fingerprint density at radius 3 is 1.73 bits per heavy atom. The standard InChI is InChI=1S/C40H62O11/c1-27-19-16-14-12-10-8-6-4-5-7-9-11-13-15-17-20-30-21-18-22-32(51-30)37(46)38(47)34(43)29(3)35(44)39(48)40(49)36(45)31(41)23-24-33(42)50-26-28(2)25-27/h4-16,19,27-32,34-41,43-49H,17-18,20-26H2,1-3H3. The van der Waals surface area contributed by atoms with Crippen molar-refractivity contribution in [3.8, 4) is 0 Å². The van der Waals surface area contributed by atoms with Crippen LogP contribution in [0.1, 0.15) is 72.1 Å². The third-order valence-corrected chi connectivity index (χ3v) is 9.38. The summed E-state index contributed by atoms with van der Waals surface area (Å²) in [4.78, 5) is 12.3. The van der Waals surface area contributed by atoms with E-state index in [0.29, 0.717) is 12.8 Å². The van der Waals surface area contributed by atoms with Gasteiger partial charge in [0.2, 0.25) is 0 Å². The molecule has 1 fully saturated rings. The second-order valence-electron chi connectivity index (χ2n) is 13.9. The van der Waals surface area contributed by atoms with Crippen LogP contribution in [-0.4, -0.2) is 114 Å².